The van der Waals surface area contributed by atoms with Gasteiger partial charge in [-0.1, -0.05) is 38.1 Å². The fourth-order valence-electron chi connectivity index (χ4n) is 2.77. The van der Waals surface area contributed by atoms with Crippen molar-refractivity contribution < 1.29 is 19.0 Å². The summed E-state index contributed by atoms with van der Waals surface area (Å²) in [7, 11) is 3.18. The van der Waals surface area contributed by atoms with Crippen LogP contribution in [0.2, 0.25) is 0 Å². The number of rotatable bonds is 5. The van der Waals surface area contributed by atoms with Crippen LogP contribution in [0.3, 0.4) is 0 Å². The smallest absolute Gasteiger partial charge is 0.343 e. The van der Waals surface area contributed by atoms with Crippen molar-refractivity contribution in [3.8, 4) is 11.5 Å². The summed E-state index contributed by atoms with van der Waals surface area (Å²) in [5.74, 6) is 1.98. The molecule has 0 aliphatic carbocycles. The molecule has 0 saturated heterocycles. The zero-order valence-electron chi connectivity index (χ0n) is 15.4. The highest BCUT2D eigenvalue weighted by molar-refractivity contribution is 6.05. The van der Waals surface area contributed by atoms with E-state index in [1.807, 2.05) is 24.3 Å². The first kappa shape index (κ1) is 17.8. The lowest BCUT2D eigenvalue weighted by molar-refractivity contribution is -0.130. The van der Waals surface area contributed by atoms with Gasteiger partial charge in [-0.2, -0.15) is 0 Å². The van der Waals surface area contributed by atoms with Crippen LogP contribution in [0.1, 0.15) is 36.5 Å². The number of ether oxygens (including phenoxy) is 3. The van der Waals surface area contributed by atoms with Gasteiger partial charge in [0.05, 0.1) is 19.8 Å². The van der Waals surface area contributed by atoms with Gasteiger partial charge in [0.2, 0.25) is 0 Å². The molecule has 4 heteroatoms. The molecule has 0 radical (unpaired) electrons. The van der Waals surface area contributed by atoms with Crippen molar-refractivity contribution in [2.75, 3.05) is 14.2 Å². The summed E-state index contributed by atoms with van der Waals surface area (Å²) in [6.45, 7) is 4.29. The topological polar surface area (TPSA) is 44.8 Å². The Morgan fingerprint density at radius 3 is 2.35 bits per heavy atom. The Kier molecular flexibility index (Phi) is 5.12. The zero-order chi connectivity index (χ0) is 18.7. The maximum absolute atomic E-state index is 12.3. The van der Waals surface area contributed by atoms with E-state index in [1.54, 1.807) is 32.4 Å². The summed E-state index contributed by atoms with van der Waals surface area (Å²) >= 11 is 0. The van der Waals surface area contributed by atoms with Crippen LogP contribution in [-0.2, 0) is 9.53 Å². The van der Waals surface area contributed by atoms with E-state index in [2.05, 4.69) is 26.0 Å². The molecule has 0 amide bonds. The second-order valence-corrected chi connectivity index (χ2v) is 6.38. The van der Waals surface area contributed by atoms with Crippen molar-refractivity contribution in [2.24, 2.45) is 0 Å². The third kappa shape index (κ3) is 3.64. The van der Waals surface area contributed by atoms with Crippen LogP contribution >= 0.6 is 0 Å². The van der Waals surface area contributed by atoms with Gasteiger partial charge in [0, 0.05) is 17.2 Å². The van der Waals surface area contributed by atoms with Gasteiger partial charge in [0.25, 0.3) is 0 Å². The number of hydrogen-bond donors (Lipinski definition) is 0. The molecule has 0 atom stereocenters. The van der Waals surface area contributed by atoms with E-state index in [1.165, 1.54) is 5.56 Å². The van der Waals surface area contributed by atoms with E-state index in [0.717, 1.165) is 11.1 Å². The van der Waals surface area contributed by atoms with Crippen molar-refractivity contribution >= 4 is 17.8 Å². The quantitative estimate of drug-likeness (QED) is 0.573. The molecule has 1 heterocycles. The number of benzene rings is 2. The second-order valence-electron chi connectivity index (χ2n) is 6.38. The molecule has 2 aromatic carbocycles. The molecule has 3 rings (SSSR count). The zero-order valence-corrected chi connectivity index (χ0v) is 15.4. The largest absolute Gasteiger partial charge is 0.497 e. The maximum atomic E-state index is 12.3. The Hall–Kier alpha value is -3.01. The minimum Gasteiger partial charge on any atom is -0.497 e. The van der Waals surface area contributed by atoms with Gasteiger partial charge in [-0.3, -0.25) is 0 Å². The van der Waals surface area contributed by atoms with E-state index in [0.29, 0.717) is 28.7 Å². The highest BCUT2D eigenvalue weighted by atomic mass is 16.5. The fourth-order valence-corrected chi connectivity index (χ4v) is 2.77. The van der Waals surface area contributed by atoms with E-state index in [9.17, 15) is 4.79 Å². The number of cyclic esters (lactones) is 1. The summed E-state index contributed by atoms with van der Waals surface area (Å²) in [6, 6.07) is 13.5. The van der Waals surface area contributed by atoms with Gasteiger partial charge >= 0.3 is 5.97 Å². The first-order valence-electron chi connectivity index (χ1n) is 8.49. The van der Waals surface area contributed by atoms with Gasteiger partial charge < -0.3 is 14.2 Å². The number of methoxy groups -OCH3 is 2. The summed E-state index contributed by atoms with van der Waals surface area (Å²) in [5.41, 5.74) is 3.40. The van der Waals surface area contributed by atoms with E-state index < -0.39 is 0 Å². The van der Waals surface area contributed by atoms with Crippen LogP contribution in [0, 0.1) is 0 Å². The van der Waals surface area contributed by atoms with Crippen LogP contribution in [0.4, 0.5) is 0 Å². The molecule has 0 aromatic heterocycles. The Morgan fingerprint density at radius 2 is 1.73 bits per heavy atom. The summed E-state index contributed by atoms with van der Waals surface area (Å²) in [4.78, 5) is 12.3. The fraction of sp³-hybridized carbons (Fsp3) is 0.227. The van der Waals surface area contributed by atoms with E-state index in [4.69, 9.17) is 14.2 Å². The molecule has 134 valence electrons. The SMILES string of the molecule is COc1ccc(C=C2C=C(c3ccc(C(C)C)cc3)OC2=O)c(OC)c1. The first-order chi connectivity index (χ1) is 12.5. The third-order valence-corrected chi connectivity index (χ3v) is 4.34. The molecule has 1 aliphatic rings. The summed E-state index contributed by atoms with van der Waals surface area (Å²) < 4.78 is 16.0. The van der Waals surface area contributed by atoms with Crippen LogP contribution in [0.25, 0.3) is 11.8 Å². The second kappa shape index (κ2) is 7.48. The van der Waals surface area contributed by atoms with E-state index >= 15 is 0 Å². The predicted molar refractivity (Wildman–Crippen MR) is 102 cm³/mol. The minimum absolute atomic E-state index is 0.370. The summed E-state index contributed by atoms with van der Waals surface area (Å²) in [6.07, 6.45) is 3.52. The summed E-state index contributed by atoms with van der Waals surface area (Å²) in [5, 5.41) is 0. The standard InChI is InChI=1S/C22H22O4/c1-14(2)15-5-7-16(8-6-15)21-12-18(22(23)26-21)11-17-9-10-19(24-3)13-20(17)25-4/h5-14H,1-4H3. The van der Waals surface area contributed by atoms with Crippen molar-refractivity contribution in [3.05, 3.63) is 70.8 Å². The molecule has 0 unspecified atom stereocenters. The van der Waals surface area contributed by atoms with Crippen LogP contribution in [0.5, 0.6) is 11.5 Å². The molecule has 1 aliphatic heterocycles. The van der Waals surface area contributed by atoms with Crippen molar-refractivity contribution in [3.63, 3.8) is 0 Å². The number of carbonyl (C=O) groups is 1. The Labute approximate surface area is 153 Å². The first-order valence-corrected chi connectivity index (χ1v) is 8.49. The highest BCUT2D eigenvalue weighted by Gasteiger charge is 2.22. The lowest BCUT2D eigenvalue weighted by Gasteiger charge is -2.07. The lowest BCUT2D eigenvalue weighted by atomic mass is 10.0. The number of carbonyl (C=O) groups excluding carboxylic acids is 1. The molecule has 2 aromatic rings. The number of esters is 1. The van der Waals surface area contributed by atoms with Gasteiger partial charge in [-0.15, -0.1) is 0 Å². The van der Waals surface area contributed by atoms with Crippen molar-refractivity contribution in [2.45, 2.75) is 19.8 Å². The molecule has 26 heavy (non-hydrogen) atoms. The molecular formula is C22H22O4. The molecule has 0 saturated carbocycles. The van der Waals surface area contributed by atoms with Gasteiger partial charge in [-0.25, -0.2) is 4.79 Å². The van der Waals surface area contributed by atoms with E-state index in [-0.39, 0.29) is 5.97 Å². The maximum Gasteiger partial charge on any atom is 0.343 e. The molecule has 4 nitrogen and oxygen atoms in total. The van der Waals surface area contributed by atoms with Gasteiger partial charge in [0.15, 0.2) is 0 Å². The van der Waals surface area contributed by atoms with Gasteiger partial charge in [0.1, 0.15) is 17.3 Å². The highest BCUT2D eigenvalue weighted by Crippen LogP contribution is 2.31. The minimum atomic E-state index is -0.370. The average molecular weight is 350 g/mol. The molecule has 0 fully saturated rings. The normalized spacial score (nSPS) is 15.2. The average Bonchev–Trinajstić information content (AvgIpc) is 3.02. The molecule has 0 spiro atoms. The van der Waals surface area contributed by atoms with Gasteiger partial charge in [-0.05, 0) is 35.8 Å². The Morgan fingerprint density at radius 1 is 1.00 bits per heavy atom. The molecule has 0 bridgehead atoms. The number of hydrogen-bond acceptors (Lipinski definition) is 4. The van der Waals surface area contributed by atoms with Crippen LogP contribution < -0.4 is 9.47 Å². The van der Waals surface area contributed by atoms with Crippen LogP contribution in [-0.4, -0.2) is 20.2 Å². The van der Waals surface area contributed by atoms with Crippen LogP contribution in [0.15, 0.2) is 54.1 Å². The van der Waals surface area contributed by atoms with Crippen molar-refractivity contribution in [1.82, 2.24) is 0 Å². The lowest BCUT2D eigenvalue weighted by Crippen LogP contribution is -1.98. The monoisotopic (exact) mass is 350 g/mol. The van der Waals surface area contributed by atoms with Crippen molar-refractivity contribution in [1.29, 1.82) is 0 Å². The predicted octanol–water partition coefficient (Wildman–Crippen LogP) is 4.81. The Balaban J connectivity index is 1.91. The Bertz CT molecular complexity index is 874. The molecular weight excluding hydrogens is 328 g/mol. The molecule has 0 N–H and O–H groups in total. The third-order valence-electron chi connectivity index (χ3n) is 4.34.